The average Bonchev–Trinajstić information content (AvgIpc) is 2.70. The Balaban J connectivity index is 1.87. The average molecular weight is 493 g/mol. The van der Waals surface area contributed by atoms with Gasteiger partial charge in [0.1, 0.15) is 17.3 Å². The molecule has 1 aromatic carbocycles. The quantitative estimate of drug-likeness (QED) is 0.586. The molecule has 3 rings (SSSR count). The van der Waals surface area contributed by atoms with E-state index in [-0.39, 0.29) is 35.1 Å². The zero-order valence-electron chi connectivity index (χ0n) is 17.8. The highest BCUT2D eigenvalue weighted by Crippen LogP contribution is 2.37. The van der Waals surface area contributed by atoms with Gasteiger partial charge in [-0.05, 0) is 43.2 Å². The Kier molecular flexibility index (Phi) is 6.76. The predicted molar refractivity (Wildman–Crippen MR) is 106 cm³/mol. The number of nitrogens with one attached hydrogen (secondary N) is 1. The summed E-state index contributed by atoms with van der Waals surface area (Å²) >= 11 is 0. The van der Waals surface area contributed by atoms with Crippen LogP contribution in [0.2, 0.25) is 0 Å². The lowest BCUT2D eigenvalue weighted by Crippen LogP contribution is -2.44. The molecule has 0 spiro atoms. The number of halogens is 7. The van der Waals surface area contributed by atoms with Crippen LogP contribution in [0.3, 0.4) is 0 Å². The molecule has 6 nitrogen and oxygen atoms in total. The third kappa shape index (κ3) is 5.75. The Hall–Kier alpha value is -3.38. The van der Waals surface area contributed by atoms with Crippen LogP contribution in [0.25, 0.3) is 0 Å². The zero-order valence-corrected chi connectivity index (χ0v) is 17.8. The molecule has 0 saturated carbocycles. The molecule has 184 valence electrons. The molecule has 13 heteroatoms. The van der Waals surface area contributed by atoms with Crippen LogP contribution in [0.1, 0.15) is 36.5 Å². The highest BCUT2D eigenvalue weighted by atomic mass is 19.4. The number of hydrogen-bond acceptors (Lipinski definition) is 4. The van der Waals surface area contributed by atoms with Gasteiger partial charge in [0.15, 0.2) is 6.10 Å². The maximum absolute atomic E-state index is 14.0. The van der Waals surface area contributed by atoms with E-state index in [2.05, 4.69) is 10.3 Å². The lowest BCUT2D eigenvalue weighted by Gasteiger charge is -2.33. The molecule has 1 unspecified atom stereocenters. The van der Waals surface area contributed by atoms with Crippen molar-refractivity contribution >= 4 is 23.3 Å². The van der Waals surface area contributed by atoms with Gasteiger partial charge in [-0.25, -0.2) is 4.39 Å². The minimum absolute atomic E-state index is 0.0704. The van der Waals surface area contributed by atoms with E-state index in [1.165, 1.54) is 19.9 Å². The molecule has 2 aromatic rings. The molecule has 0 aliphatic carbocycles. The topological polar surface area (TPSA) is 71.5 Å². The van der Waals surface area contributed by atoms with E-state index >= 15 is 0 Å². The van der Waals surface area contributed by atoms with Gasteiger partial charge in [0, 0.05) is 6.42 Å². The smallest absolute Gasteiger partial charge is 0.419 e. The van der Waals surface area contributed by atoms with Crippen LogP contribution in [-0.4, -0.2) is 29.1 Å². The minimum Gasteiger partial charge on any atom is -0.463 e. The second-order valence-electron chi connectivity index (χ2n) is 7.64. The van der Waals surface area contributed by atoms with Crippen LogP contribution in [-0.2, 0) is 22.3 Å². The van der Waals surface area contributed by atoms with Gasteiger partial charge in [-0.2, -0.15) is 31.3 Å². The van der Waals surface area contributed by atoms with E-state index in [0.717, 1.165) is 11.0 Å². The first kappa shape index (κ1) is 25.2. The Morgan fingerprint density at radius 3 is 2.44 bits per heavy atom. The Labute approximate surface area is 188 Å². The highest BCUT2D eigenvalue weighted by Gasteiger charge is 2.36. The number of fused-ring (bicyclic) bond motifs is 1. The third-order valence-electron chi connectivity index (χ3n) is 4.93. The molecule has 0 bridgehead atoms. The van der Waals surface area contributed by atoms with E-state index in [9.17, 15) is 40.3 Å². The van der Waals surface area contributed by atoms with Gasteiger partial charge in [0.2, 0.25) is 11.8 Å². The van der Waals surface area contributed by atoms with Crippen molar-refractivity contribution in [3.05, 3.63) is 46.8 Å². The first-order chi connectivity index (χ1) is 15.7. The fourth-order valence-corrected chi connectivity index (χ4v) is 3.23. The van der Waals surface area contributed by atoms with Crippen molar-refractivity contribution in [1.82, 2.24) is 4.98 Å². The van der Waals surface area contributed by atoms with Gasteiger partial charge in [0.25, 0.3) is 5.91 Å². The van der Waals surface area contributed by atoms with E-state index in [0.29, 0.717) is 12.1 Å². The second kappa shape index (κ2) is 9.11. The number of carbonyl (C=O) groups is 2. The number of amides is 2. The molecule has 0 fully saturated rings. The van der Waals surface area contributed by atoms with Gasteiger partial charge in [-0.15, -0.1) is 0 Å². The number of carbonyl (C=O) groups excluding carboxylic acids is 2. The number of rotatable bonds is 5. The number of anilines is 2. The summed E-state index contributed by atoms with van der Waals surface area (Å²) in [7, 11) is 0. The number of benzene rings is 1. The maximum Gasteiger partial charge on any atom is 0.419 e. The molecule has 0 radical (unpaired) electrons. The van der Waals surface area contributed by atoms with E-state index in [1.54, 1.807) is 0 Å². The van der Waals surface area contributed by atoms with Crippen molar-refractivity contribution in [3.8, 4) is 5.88 Å². The van der Waals surface area contributed by atoms with Crippen molar-refractivity contribution in [1.29, 1.82) is 0 Å². The molecule has 1 atom stereocenters. The van der Waals surface area contributed by atoms with Crippen LogP contribution in [0, 0.1) is 12.7 Å². The normalized spacial score (nSPS) is 16.2. The summed E-state index contributed by atoms with van der Waals surface area (Å²) in [5, 5.41) is 2.26. The Morgan fingerprint density at radius 2 is 1.85 bits per heavy atom. The van der Waals surface area contributed by atoms with Gasteiger partial charge in [0.05, 0.1) is 18.5 Å². The number of aromatic nitrogens is 1. The van der Waals surface area contributed by atoms with Gasteiger partial charge >= 0.3 is 12.4 Å². The van der Waals surface area contributed by atoms with Crippen molar-refractivity contribution < 1.29 is 45.1 Å². The van der Waals surface area contributed by atoms with Gasteiger partial charge in [-0.1, -0.05) is 6.07 Å². The number of hydrogen-bond donors (Lipinski definition) is 1. The first-order valence-electron chi connectivity index (χ1n) is 9.87. The molecule has 34 heavy (non-hydrogen) atoms. The van der Waals surface area contributed by atoms with Crippen molar-refractivity contribution in [2.75, 3.05) is 10.2 Å². The molecule has 1 N–H and O–H groups in total. The number of nitrogens with zero attached hydrogens (tertiary/aromatic N) is 2. The minimum atomic E-state index is -4.87. The van der Waals surface area contributed by atoms with Crippen LogP contribution < -0.4 is 15.0 Å². The van der Waals surface area contributed by atoms with Crippen LogP contribution in [0.4, 0.5) is 42.2 Å². The highest BCUT2D eigenvalue weighted by molar-refractivity contribution is 6.00. The fourth-order valence-electron chi connectivity index (χ4n) is 3.23. The monoisotopic (exact) mass is 493 g/mol. The molecule has 1 aliphatic rings. The maximum atomic E-state index is 14.0. The van der Waals surface area contributed by atoms with Gasteiger partial charge < -0.3 is 10.1 Å². The van der Waals surface area contributed by atoms with Crippen molar-refractivity contribution in [2.45, 2.75) is 51.7 Å². The van der Waals surface area contributed by atoms with Crippen LogP contribution in [0.15, 0.2) is 24.3 Å². The summed E-state index contributed by atoms with van der Waals surface area (Å²) in [5.74, 6) is -3.20. The summed E-state index contributed by atoms with van der Waals surface area (Å²) < 4.78 is 94.9. The van der Waals surface area contributed by atoms with E-state index in [1.807, 2.05) is 0 Å². The van der Waals surface area contributed by atoms with E-state index in [4.69, 9.17) is 4.74 Å². The summed E-state index contributed by atoms with van der Waals surface area (Å²) in [6.45, 7) is 2.56. The predicted octanol–water partition coefficient (Wildman–Crippen LogP) is 5.14. The zero-order chi connectivity index (χ0) is 25.4. The van der Waals surface area contributed by atoms with E-state index < -0.39 is 54.5 Å². The lowest BCUT2D eigenvalue weighted by molar-refractivity contribution is -0.142. The largest absolute Gasteiger partial charge is 0.463 e. The molecular weight excluding hydrogens is 475 g/mol. The molecule has 1 aromatic heterocycles. The summed E-state index contributed by atoms with van der Waals surface area (Å²) in [6.07, 6.45) is -12.6. The van der Waals surface area contributed by atoms with Crippen LogP contribution >= 0.6 is 0 Å². The number of alkyl halides is 6. The number of ether oxygens (including phenoxy) is 1. The van der Waals surface area contributed by atoms with Crippen molar-refractivity contribution in [3.63, 3.8) is 0 Å². The SMILES string of the molecule is Cc1cc2c(nc1NC(=O)CCC(F)(F)F)OC(C)C(=O)N2Cc1ccc(C(F)(F)F)c(F)c1. The second-order valence-corrected chi connectivity index (χ2v) is 7.64. The Morgan fingerprint density at radius 1 is 1.18 bits per heavy atom. The summed E-state index contributed by atoms with van der Waals surface area (Å²) in [5.41, 5.74) is -0.981. The molecule has 1 aliphatic heterocycles. The molecular formula is C21H18F7N3O3. The first-order valence-corrected chi connectivity index (χ1v) is 9.87. The van der Waals surface area contributed by atoms with Crippen LogP contribution in [0.5, 0.6) is 5.88 Å². The summed E-state index contributed by atoms with van der Waals surface area (Å²) in [4.78, 5) is 29.8. The summed E-state index contributed by atoms with van der Waals surface area (Å²) in [6, 6.07) is 3.66. The standard InChI is InChI=1S/C21H18F7N3O3/c1-10-7-15-18(30-17(10)29-16(32)5-6-20(23,24)25)34-11(2)19(33)31(15)9-12-3-4-13(14(22)8-12)21(26,27)28/h3-4,7-8,11H,5-6,9H2,1-2H3,(H,29,30,32). The molecule has 0 saturated heterocycles. The molecule has 2 amide bonds. The Bertz CT molecular complexity index is 1120. The van der Waals surface area contributed by atoms with Gasteiger partial charge in [-0.3, -0.25) is 14.5 Å². The lowest BCUT2D eigenvalue weighted by atomic mass is 10.1. The number of aryl methyl sites for hydroxylation is 1. The fraction of sp³-hybridized carbons (Fsp3) is 0.381. The molecule has 2 heterocycles. The van der Waals surface area contributed by atoms with Crippen molar-refractivity contribution in [2.24, 2.45) is 0 Å². The third-order valence-corrected chi connectivity index (χ3v) is 4.93. The number of pyridine rings is 1.